The highest BCUT2D eigenvalue weighted by Crippen LogP contribution is 2.31. The second-order valence-electron chi connectivity index (χ2n) is 6.51. The zero-order valence-corrected chi connectivity index (χ0v) is 15.0. The summed E-state index contributed by atoms with van der Waals surface area (Å²) in [7, 11) is 1.92. The summed E-state index contributed by atoms with van der Waals surface area (Å²) >= 11 is 0. The van der Waals surface area contributed by atoms with Gasteiger partial charge in [0.2, 0.25) is 0 Å². The van der Waals surface area contributed by atoms with E-state index in [1.165, 1.54) is 6.07 Å². The van der Waals surface area contributed by atoms with E-state index < -0.39 is 11.7 Å². The lowest BCUT2D eigenvalue weighted by molar-refractivity contribution is -0.137. The fourth-order valence-corrected chi connectivity index (χ4v) is 3.07. The van der Waals surface area contributed by atoms with Crippen molar-refractivity contribution < 1.29 is 13.2 Å². The van der Waals surface area contributed by atoms with Crippen LogP contribution < -0.4 is 5.32 Å². The predicted molar refractivity (Wildman–Crippen MR) is 102 cm³/mol. The number of aromatic nitrogens is 3. The molecule has 0 atom stereocenters. The molecule has 4 rings (SSSR count). The first kappa shape index (κ1) is 18.0. The average molecular weight is 382 g/mol. The van der Waals surface area contributed by atoms with Gasteiger partial charge in [0.1, 0.15) is 17.2 Å². The monoisotopic (exact) mass is 382 g/mol. The number of fused-ring (bicyclic) bond motifs is 1. The molecular formula is C21H17F3N4. The lowest BCUT2D eigenvalue weighted by atomic mass is 10.1. The minimum atomic E-state index is -4.39. The van der Waals surface area contributed by atoms with Crippen LogP contribution in [0, 0.1) is 0 Å². The minimum absolute atomic E-state index is 0.327. The van der Waals surface area contributed by atoms with Crippen molar-refractivity contribution in [3.8, 4) is 0 Å². The molecule has 4 aromatic rings. The first-order valence-corrected chi connectivity index (χ1v) is 8.70. The van der Waals surface area contributed by atoms with Gasteiger partial charge in [-0.15, -0.1) is 0 Å². The molecule has 0 spiro atoms. The summed E-state index contributed by atoms with van der Waals surface area (Å²) in [5.74, 6) is 1.35. The van der Waals surface area contributed by atoms with Gasteiger partial charge < -0.3 is 9.88 Å². The standard InChI is InChI=1S/C21H17F3N4/c1-28-18-12-19(26-16-9-5-8-15(11-16)21(22,23)24)25-13-17(18)27-20(28)10-14-6-3-2-4-7-14/h2-9,11-13H,10H2,1H3,(H,25,26). The summed E-state index contributed by atoms with van der Waals surface area (Å²) in [5, 5.41) is 2.94. The molecule has 0 saturated heterocycles. The van der Waals surface area contributed by atoms with Crippen LogP contribution in [-0.2, 0) is 19.6 Å². The fraction of sp³-hybridized carbons (Fsp3) is 0.143. The maximum Gasteiger partial charge on any atom is 0.416 e. The Morgan fingerprint density at radius 2 is 1.79 bits per heavy atom. The van der Waals surface area contributed by atoms with Crippen LogP contribution in [0.3, 0.4) is 0 Å². The van der Waals surface area contributed by atoms with Crippen molar-refractivity contribution in [2.45, 2.75) is 12.6 Å². The maximum absolute atomic E-state index is 12.9. The van der Waals surface area contributed by atoms with Crippen molar-refractivity contribution in [1.29, 1.82) is 0 Å². The zero-order chi connectivity index (χ0) is 19.7. The summed E-state index contributed by atoms with van der Waals surface area (Å²) in [5.41, 5.74) is 2.37. The summed E-state index contributed by atoms with van der Waals surface area (Å²) in [4.78, 5) is 8.91. The lowest BCUT2D eigenvalue weighted by Gasteiger charge is -2.10. The number of halogens is 3. The molecule has 4 nitrogen and oxygen atoms in total. The molecule has 2 aromatic carbocycles. The summed E-state index contributed by atoms with van der Waals surface area (Å²) in [6, 6.07) is 16.8. The van der Waals surface area contributed by atoms with Crippen molar-refractivity contribution in [3.05, 3.63) is 83.8 Å². The third kappa shape index (κ3) is 3.69. The summed E-state index contributed by atoms with van der Waals surface area (Å²) in [6.07, 6.45) is -2.08. The Balaban J connectivity index is 1.62. The van der Waals surface area contributed by atoms with Crippen LogP contribution in [-0.4, -0.2) is 14.5 Å². The van der Waals surface area contributed by atoms with Gasteiger partial charge in [-0.3, -0.25) is 0 Å². The molecule has 0 bridgehead atoms. The van der Waals surface area contributed by atoms with Gasteiger partial charge in [-0.2, -0.15) is 13.2 Å². The Kier molecular flexibility index (Phi) is 4.50. The van der Waals surface area contributed by atoms with Gasteiger partial charge in [0.25, 0.3) is 0 Å². The molecule has 2 aromatic heterocycles. The SMILES string of the molecule is Cn1c(Cc2ccccc2)nc2cnc(Nc3cccc(C(F)(F)F)c3)cc21. The van der Waals surface area contributed by atoms with E-state index in [1.807, 2.05) is 41.9 Å². The first-order valence-electron chi connectivity index (χ1n) is 8.70. The number of nitrogens with one attached hydrogen (secondary N) is 1. The number of nitrogens with zero attached hydrogens (tertiary/aromatic N) is 3. The van der Waals surface area contributed by atoms with Crippen LogP contribution in [0.2, 0.25) is 0 Å². The molecule has 0 aliphatic rings. The summed E-state index contributed by atoms with van der Waals surface area (Å²) in [6.45, 7) is 0. The number of pyridine rings is 1. The van der Waals surface area contributed by atoms with Gasteiger partial charge in [0.15, 0.2) is 0 Å². The van der Waals surface area contributed by atoms with Crippen LogP contribution in [0.25, 0.3) is 11.0 Å². The van der Waals surface area contributed by atoms with E-state index in [2.05, 4.69) is 15.3 Å². The number of imidazole rings is 1. The van der Waals surface area contributed by atoms with Gasteiger partial charge in [0.05, 0.1) is 17.3 Å². The molecule has 7 heteroatoms. The number of anilines is 2. The third-order valence-electron chi connectivity index (χ3n) is 4.53. The number of benzene rings is 2. The molecule has 0 unspecified atom stereocenters. The lowest BCUT2D eigenvalue weighted by Crippen LogP contribution is -2.05. The van der Waals surface area contributed by atoms with Crippen LogP contribution in [0.4, 0.5) is 24.7 Å². The normalized spacial score (nSPS) is 11.7. The Morgan fingerprint density at radius 1 is 1.00 bits per heavy atom. The zero-order valence-electron chi connectivity index (χ0n) is 15.0. The van der Waals surface area contributed by atoms with Gasteiger partial charge in [-0.25, -0.2) is 9.97 Å². The second kappa shape index (κ2) is 6.99. The van der Waals surface area contributed by atoms with Gasteiger partial charge in [0, 0.05) is 25.2 Å². The van der Waals surface area contributed by atoms with Crippen LogP contribution in [0.1, 0.15) is 17.0 Å². The number of alkyl halides is 3. The molecule has 0 fully saturated rings. The first-order chi connectivity index (χ1) is 13.4. The van der Waals surface area contributed by atoms with Crippen LogP contribution >= 0.6 is 0 Å². The Morgan fingerprint density at radius 3 is 2.54 bits per heavy atom. The molecular weight excluding hydrogens is 365 g/mol. The predicted octanol–water partition coefficient (Wildman–Crippen LogP) is 5.32. The highest BCUT2D eigenvalue weighted by molar-refractivity contribution is 5.79. The number of hydrogen-bond acceptors (Lipinski definition) is 3. The largest absolute Gasteiger partial charge is 0.416 e. The molecule has 0 saturated carbocycles. The number of hydrogen-bond donors (Lipinski definition) is 1. The van der Waals surface area contributed by atoms with Gasteiger partial charge >= 0.3 is 6.18 Å². The van der Waals surface area contributed by atoms with Crippen LogP contribution in [0.5, 0.6) is 0 Å². The minimum Gasteiger partial charge on any atom is -0.340 e. The Bertz CT molecular complexity index is 1120. The highest BCUT2D eigenvalue weighted by atomic mass is 19.4. The molecule has 0 radical (unpaired) electrons. The van der Waals surface area contributed by atoms with Crippen molar-refractivity contribution in [2.24, 2.45) is 7.05 Å². The topological polar surface area (TPSA) is 42.7 Å². The molecule has 2 heterocycles. The fourth-order valence-electron chi connectivity index (χ4n) is 3.07. The van der Waals surface area contributed by atoms with E-state index >= 15 is 0 Å². The maximum atomic E-state index is 12.9. The Labute approximate surface area is 159 Å². The van der Waals surface area contributed by atoms with Crippen molar-refractivity contribution in [3.63, 3.8) is 0 Å². The molecule has 0 aliphatic carbocycles. The van der Waals surface area contributed by atoms with Crippen molar-refractivity contribution >= 4 is 22.5 Å². The second-order valence-corrected chi connectivity index (χ2v) is 6.51. The van der Waals surface area contributed by atoms with E-state index in [0.717, 1.165) is 34.6 Å². The average Bonchev–Trinajstić information content (AvgIpc) is 2.98. The highest BCUT2D eigenvalue weighted by Gasteiger charge is 2.30. The smallest absolute Gasteiger partial charge is 0.340 e. The molecule has 0 aliphatic heterocycles. The van der Waals surface area contributed by atoms with Crippen molar-refractivity contribution in [2.75, 3.05) is 5.32 Å². The van der Waals surface area contributed by atoms with E-state index in [-0.39, 0.29) is 0 Å². The molecule has 142 valence electrons. The van der Waals surface area contributed by atoms with E-state index in [0.29, 0.717) is 17.9 Å². The quantitative estimate of drug-likeness (QED) is 0.519. The Hall–Kier alpha value is -3.35. The van der Waals surface area contributed by atoms with Crippen LogP contribution in [0.15, 0.2) is 66.9 Å². The third-order valence-corrected chi connectivity index (χ3v) is 4.53. The summed E-state index contributed by atoms with van der Waals surface area (Å²) < 4.78 is 40.7. The van der Waals surface area contributed by atoms with Gasteiger partial charge in [-0.1, -0.05) is 36.4 Å². The van der Waals surface area contributed by atoms with Crippen molar-refractivity contribution in [1.82, 2.24) is 14.5 Å². The molecule has 0 amide bonds. The molecule has 28 heavy (non-hydrogen) atoms. The number of rotatable bonds is 4. The van der Waals surface area contributed by atoms with Gasteiger partial charge in [-0.05, 0) is 23.8 Å². The van der Waals surface area contributed by atoms with E-state index in [9.17, 15) is 13.2 Å². The van der Waals surface area contributed by atoms with E-state index in [1.54, 1.807) is 18.3 Å². The molecule has 1 N–H and O–H groups in total. The number of aryl methyl sites for hydroxylation is 1. The van der Waals surface area contributed by atoms with E-state index in [4.69, 9.17) is 0 Å².